The van der Waals surface area contributed by atoms with Gasteiger partial charge in [0.1, 0.15) is 17.0 Å². The van der Waals surface area contributed by atoms with Gasteiger partial charge in [-0.05, 0) is 65.6 Å². The van der Waals surface area contributed by atoms with E-state index < -0.39 is 0 Å². The molecule has 0 aliphatic rings. The van der Waals surface area contributed by atoms with Crippen molar-refractivity contribution in [2.24, 2.45) is 0 Å². The average molecular weight is 533 g/mol. The summed E-state index contributed by atoms with van der Waals surface area (Å²) in [5, 5.41) is 11.5. The normalized spacial score (nSPS) is 11.3. The van der Waals surface area contributed by atoms with Crippen molar-refractivity contribution in [2.75, 3.05) is 19.5 Å². The first-order chi connectivity index (χ1) is 19.5. The Morgan fingerprint density at radius 2 is 1.77 bits per heavy atom. The molecule has 0 amide bonds. The second-order valence-electron chi connectivity index (χ2n) is 9.74. The van der Waals surface area contributed by atoms with Crippen LogP contribution in [0.2, 0.25) is 0 Å². The molecule has 0 saturated carbocycles. The van der Waals surface area contributed by atoms with Gasteiger partial charge in [0.2, 0.25) is 5.95 Å². The van der Waals surface area contributed by atoms with E-state index in [1.54, 1.807) is 31.2 Å². The molecular weight excluding hydrogens is 504 g/mol. The van der Waals surface area contributed by atoms with Crippen molar-refractivity contribution in [3.63, 3.8) is 0 Å². The summed E-state index contributed by atoms with van der Waals surface area (Å²) < 4.78 is 12.5. The third kappa shape index (κ3) is 4.41. The Hall–Kier alpha value is -5.18. The average Bonchev–Trinajstić information content (AvgIpc) is 3.48. The standard InChI is InChI=1S/C31H28N6O3/c1-18(2)19-8-13-27(40-4)24(15-19)20-6-5-7-22(14-20)37-29-25(28-26(30(37)38)17-33-36-28)16-32-31(35-29)34-21-9-11-23(39-3)12-10-21/h5-18H,1-4H3,(H,33,36)(H,32,34,35). The molecule has 0 radical (unpaired) electrons. The maximum absolute atomic E-state index is 13.8. The quantitative estimate of drug-likeness (QED) is 0.252. The summed E-state index contributed by atoms with van der Waals surface area (Å²) in [6.07, 6.45) is 3.29. The van der Waals surface area contributed by atoms with Crippen LogP contribution in [0.4, 0.5) is 11.6 Å². The number of nitrogens with zero attached hydrogens (tertiary/aromatic N) is 4. The number of hydrogen-bond acceptors (Lipinski definition) is 7. The van der Waals surface area contributed by atoms with Gasteiger partial charge in [-0.25, -0.2) is 4.98 Å². The lowest BCUT2D eigenvalue weighted by atomic mass is 9.96. The first kappa shape index (κ1) is 25.1. The van der Waals surface area contributed by atoms with Crippen molar-refractivity contribution >= 4 is 33.6 Å². The highest BCUT2D eigenvalue weighted by Gasteiger charge is 2.18. The van der Waals surface area contributed by atoms with Crippen LogP contribution in [0.3, 0.4) is 0 Å². The Kier molecular flexibility index (Phi) is 6.39. The third-order valence-electron chi connectivity index (χ3n) is 6.96. The summed E-state index contributed by atoms with van der Waals surface area (Å²) in [7, 11) is 3.28. The Morgan fingerprint density at radius 1 is 0.950 bits per heavy atom. The van der Waals surface area contributed by atoms with Gasteiger partial charge in [-0.2, -0.15) is 10.1 Å². The van der Waals surface area contributed by atoms with E-state index in [0.717, 1.165) is 28.3 Å². The third-order valence-corrected chi connectivity index (χ3v) is 6.96. The lowest BCUT2D eigenvalue weighted by molar-refractivity contribution is 0.415. The molecule has 9 nitrogen and oxygen atoms in total. The molecule has 0 atom stereocenters. The number of H-pyrrole nitrogens is 1. The van der Waals surface area contributed by atoms with E-state index in [9.17, 15) is 4.79 Å². The summed E-state index contributed by atoms with van der Waals surface area (Å²) in [5.41, 5.74) is 5.26. The molecule has 3 aromatic heterocycles. The Labute approximate surface area is 230 Å². The van der Waals surface area contributed by atoms with E-state index in [0.29, 0.717) is 39.5 Å². The molecular formula is C31H28N6O3. The zero-order valence-electron chi connectivity index (χ0n) is 22.6. The van der Waals surface area contributed by atoms with Crippen LogP contribution in [0.15, 0.2) is 83.9 Å². The molecule has 6 rings (SSSR count). The molecule has 0 aliphatic heterocycles. The van der Waals surface area contributed by atoms with Crippen LogP contribution in [0, 0.1) is 0 Å². The molecule has 0 spiro atoms. The molecule has 3 aromatic carbocycles. The smallest absolute Gasteiger partial charge is 0.267 e. The number of ether oxygens (including phenoxy) is 2. The van der Waals surface area contributed by atoms with Gasteiger partial charge in [-0.1, -0.05) is 32.0 Å². The number of methoxy groups -OCH3 is 2. The number of nitrogens with one attached hydrogen (secondary N) is 2. The molecule has 0 fully saturated rings. The van der Waals surface area contributed by atoms with Crippen molar-refractivity contribution in [1.82, 2.24) is 24.7 Å². The molecule has 0 aliphatic carbocycles. The van der Waals surface area contributed by atoms with E-state index >= 15 is 0 Å². The molecule has 2 N–H and O–H groups in total. The first-order valence-corrected chi connectivity index (χ1v) is 12.9. The van der Waals surface area contributed by atoms with Crippen LogP contribution in [-0.4, -0.2) is 39.0 Å². The number of aromatic amines is 1. The Balaban J connectivity index is 1.53. The van der Waals surface area contributed by atoms with E-state index in [2.05, 4.69) is 46.5 Å². The van der Waals surface area contributed by atoms with Gasteiger partial charge in [-0.15, -0.1) is 0 Å². The van der Waals surface area contributed by atoms with E-state index in [1.807, 2.05) is 54.6 Å². The van der Waals surface area contributed by atoms with Gasteiger partial charge < -0.3 is 14.8 Å². The molecule has 9 heteroatoms. The van der Waals surface area contributed by atoms with Gasteiger partial charge in [0.05, 0.1) is 30.7 Å². The minimum absolute atomic E-state index is 0.231. The van der Waals surface area contributed by atoms with Crippen LogP contribution in [0.25, 0.3) is 38.8 Å². The SMILES string of the molecule is COc1ccc(Nc2ncc3c4n[nH]cc4c(=O)n(-c4cccc(-c5cc(C(C)C)ccc5OC)c4)c3n2)cc1. The first-order valence-electron chi connectivity index (χ1n) is 12.9. The monoisotopic (exact) mass is 532 g/mol. The number of pyridine rings is 1. The minimum atomic E-state index is -0.231. The lowest BCUT2D eigenvalue weighted by Gasteiger charge is -2.15. The van der Waals surface area contributed by atoms with Gasteiger partial charge in [0.15, 0.2) is 5.65 Å². The van der Waals surface area contributed by atoms with Crippen LogP contribution < -0.4 is 20.3 Å². The topological polar surface area (TPSA) is 107 Å². The summed E-state index contributed by atoms with van der Waals surface area (Å²) in [5.74, 6) is 2.21. The van der Waals surface area contributed by atoms with Crippen LogP contribution in [0.1, 0.15) is 25.3 Å². The minimum Gasteiger partial charge on any atom is -0.497 e. The number of hydrogen-bond donors (Lipinski definition) is 2. The number of aromatic nitrogens is 5. The van der Waals surface area contributed by atoms with Crippen molar-refractivity contribution in [1.29, 1.82) is 0 Å². The van der Waals surface area contributed by atoms with Crippen molar-refractivity contribution in [2.45, 2.75) is 19.8 Å². The summed E-state index contributed by atoms with van der Waals surface area (Å²) >= 11 is 0. The number of rotatable bonds is 7. The molecule has 0 bridgehead atoms. The van der Waals surface area contributed by atoms with Gasteiger partial charge in [0, 0.05) is 23.6 Å². The Morgan fingerprint density at radius 3 is 2.52 bits per heavy atom. The predicted octanol–water partition coefficient (Wildman–Crippen LogP) is 6.21. The van der Waals surface area contributed by atoms with E-state index in [1.165, 1.54) is 5.56 Å². The Bertz CT molecular complexity index is 1910. The fraction of sp³-hybridized carbons (Fsp3) is 0.161. The molecule has 0 unspecified atom stereocenters. The highest BCUT2D eigenvalue weighted by atomic mass is 16.5. The molecule has 0 saturated heterocycles. The van der Waals surface area contributed by atoms with Crippen molar-refractivity contribution < 1.29 is 9.47 Å². The highest BCUT2D eigenvalue weighted by molar-refractivity contribution is 6.02. The zero-order chi connectivity index (χ0) is 27.8. The number of fused-ring (bicyclic) bond motifs is 3. The van der Waals surface area contributed by atoms with Crippen LogP contribution in [0.5, 0.6) is 11.5 Å². The van der Waals surface area contributed by atoms with Crippen LogP contribution in [-0.2, 0) is 0 Å². The molecule has 200 valence electrons. The van der Waals surface area contributed by atoms with Crippen molar-refractivity contribution in [3.05, 3.63) is 95.0 Å². The summed E-state index contributed by atoms with van der Waals surface area (Å²) in [6, 6.07) is 21.5. The fourth-order valence-electron chi connectivity index (χ4n) is 4.81. The molecule has 3 heterocycles. The maximum Gasteiger partial charge on any atom is 0.267 e. The zero-order valence-corrected chi connectivity index (χ0v) is 22.6. The fourth-order valence-corrected chi connectivity index (χ4v) is 4.81. The predicted molar refractivity (Wildman–Crippen MR) is 157 cm³/mol. The second kappa shape index (κ2) is 10.2. The number of benzene rings is 3. The summed E-state index contributed by atoms with van der Waals surface area (Å²) in [4.78, 5) is 23.1. The van der Waals surface area contributed by atoms with Gasteiger partial charge in [-0.3, -0.25) is 14.5 Å². The van der Waals surface area contributed by atoms with Crippen molar-refractivity contribution in [3.8, 4) is 28.3 Å². The maximum atomic E-state index is 13.8. The largest absolute Gasteiger partial charge is 0.497 e. The van der Waals surface area contributed by atoms with E-state index in [4.69, 9.17) is 14.5 Å². The molecule has 6 aromatic rings. The second-order valence-corrected chi connectivity index (χ2v) is 9.74. The van der Waals surface area contributed by atoms with Crippen LogP contribution >= 0.6 is 0 Å². The lowest BCUT2D eigenvalue weighted by Crippen LogP contribution is -2.20. The van der Waals surface area contributed by atoms with Gasteiger partial charge >= 0.3 is 0 Å². The highest BCUT2D eigenvalue weighted by Crippen LogP contribution is 2.34. The molecule has 40 heavy (non-hydrogen) atoms. The number of anilines is 2. The van der Waals surface area contributed by atoms with E-state index in [-0.39, 0.29) is 5.56 Å². The summed E-state index contributed by atoms with van der Waals surface area (Å²) in [6.45, 7) is 4.32. The van der Waals surface area contributed by atoms with Gasteiger partial charge in [0.25, 0.3) is 5.56 Å².